The van der Waals surface area contributed by atoms with Crippen LogP contribution in [-0.2, 0) is 11.3 Å². The molecule has 4 aromatic rings. The number of aryl methyl sites for hydroxylation is 2. The number of benzene rings is 2. The van der Waals surface area contributed by atoms with E-state index in [0.717, 1.165) is 16.8 Å². The Morgan fingerprint density at radius 1 is 1.03 bits per heavy atom. The van der Waals surface area contributed by atoms with Gasteiger partial charge < -0.3 is 20.3 Å². The number of anilines is 3. The smallest absolute Gasteiger partial charge is 0.344 e. The van der Waals surface area contributed by atoms with E-state index in [1.807, 2.05) is 61.5 Å². The third kappa shape index (κ3) is 4.50. The van der Waals surface area contributed by atoms with Crippen LogP contribution in [0.3, 0.4) is 0 Å². The Labute approximate surface area is 178 Å². The predicted octanol–water partition coefficient (Wildman–Crippen LogP) is 3.83. The van der Waals surface area contributed by atoms with Gasteiger partial charge >= 0.3 is 5.97 Å². The Bertz CT molecular complexity index is 1220. The highest BCUT2D eigenvalue weighted by Crippen LogP contribution is 2.26. The summed E-state index contributed by atoms with van der Waals surface area (Å²) >= 11 is 0. The van der Waals surface area contributed by atoms with Gasteiger partial charge in [-0.15, -0.1) is 0 Å². The number of carbonyl (C=O) groups is 1. The van der Waals surface area contributed by atoms with Crippen molar-refractivity contribution in [2.45, 2.75) is 20.5 Å². The lowest BCUT2D eigenvalue weighted by atomic mass is 10.1. The molecule has 0 aliphatic carbocycles. The molecule has 0 fully saturated rings. The second-order valence-corrected chi connectivity index (χ2v) is 6.78. The maximum Gasteiger partial charge on any atom is 0.344 e. The van der Waals surface area contributed by atoms with Gasteiger partial charge in [-0.25, -0.2) is 4.79 Å². The van der Waals surface area contributed by atoms with E-state index < -0.39 is 5.97 Å². The Morgan fingerprint density at radius 3 is 2.55 bits per heavy atom. The summed E-state index contributed by atoms with van der Waals surface area (Å²) in [6.07, 6.45) is 0. The first kappa shape index (κ1) is 20.0. The first-order chi connectivity index (χ1) is 15.0. The van der Waals surface area contributed by atoms with E-state index >= 15 is 0 Å². The van der Waals surface area contributed by atoms with Crippen molar-refractivity contribution >= 4 is 23.6 Å². The molecule has 0 atom stereocenters. The van der Waals surface area contributed by atoms with Crippen LogP contribution < -0.4 is 11.1 Å². The molecule has 0 unspecified atom stereocenters. The number of carbonyl (C=O) groups excluding carboxylic acids is 1. The summed E-state index contributed by atoms with van der Waals surface area (Å²) in [5, 5.41) is 7.10. The van der Waals surface area contributed by atoms with E-state index in [1.165, 1.54) is 0 Å². The molecule has 2 aromatic heterocycles. The van der Waals surface area contributed by atoms with Gasteiger partial charge in [0.15, 0.2) is 12.4 Å². The van der Waals surface area contributed by atoms with Crippen LogP contribution in [0, 0.1) is 13.8 Å². The van der Waals surface area contributed by atoms with Gasteiger partial charge in [0.2, 0.25) is 11.9 Å². The minimum absolute atomic E-state index is 0.0169. The number of rotatable bonds is 6. The molecule has 0 saturated heterocycles. The summed E-state index contributed by atoms with van der Waals surface area (Å²) in [6.45, 7) is 3.43. The first-order valence-electron chi connectivity index (χ1n) is 9.53. The lowest BCUT2D eigenvalue weighted by Gasteiger charge is -2.10. The van der Waals surface area contributed by atoms with Crippen molar-refractivity contribution in [3.63, 3.8) is 0 Å². The van der Waals surface area contributed by atoms with Crippen LogP contribution in [0.2, 0.25) is 0 Å². The number of nitrogen functional groups attached to an aromatic ring is 1. The molecule has 0 amide bonds. The second kappa shape index (κ2) is 8.62. The molecule has 0 aliphatic heterocycles. The van der Waals surface area contributed by atoms with Crippen molar-refractivity contribution in [1.29, 1.82) is 0 Å². The van der Waals surface area contributed by atoms with Crippen LogP contribution in [0.25, 0.3) is 11.3 Å². The van der Waals surface area contributed by atoms with Crippen molar-refractivity contribution in [2.24, 2.45) is 0 Å². The van der Waals surface area contributed by atoms with E-state index in [9.17, 15) is 4.79 Å². The number of ether oxygens (including phenoxy) is 1. The fourth-order valence-corrected chi connectivity index (χ4v) is 3.00. The van der Waals surface area contributed by atoms with Crippen LogP contribution >= 0.6 is 0 Å². The van der Waals surface area contributed by atoms with E-state index in [0.29, 0.717) is 11.5 Å². The molecular weight excluding hydrogens is 396 g/mol. The standard InChI is InChI=1S/C22H20N6O3/c1-13-8-6-7-11-16(13)24-22-26-17(25-21(23)27-22)12-30-20(29)18-14(2)31-28-19(18)15-9-4-3-5-10-15/h3-11H,12H2,1-2H3,(H3,23,24,25,26,27). The summed E-state index contributed by atoms with van der Waals surface area (Å²) < 4.78 is 10.6. The maximum atomic E-state index is 12.8. The van der Waals surface area contributed by atoms with E-state index in [2.05, 4.69) is 25.4 Å². The average molecular weight is 416 g/mol. The van der Waals surface area contributed by atoms with E-state index in [-0.39, 0.29) is 29.9 Å². The van der Waals surface area contributed by atoms with Crippen LogP contribution in [-0.4, -0.2) is 26.1 Å². The van der Waals surface area contributed by atoms with Gasteiger partial charge in [0.25, 0.3) is 0 Å². The zero-order valence-corrected chi connectivity index (χ0v) is 17.0. The van der Waals surface area contributed by atoms with Gasteiger partial charge in [-0.2, -0.15) is 15.0 Å². The largest absolute Gasteiger partial charge is 0.454 e. The van der Waals surface area contributed by atoms with Gasteiger partial charge in [0.1, 0.15) is 17.0 Å². The number of esters is 1. The summed E-state index contributed by atoms with van der Waals surface area (Å²) in [5.74, 6) is 0.264. The molecule has 9 heteroatoms. The second-order valence-electron chi connectivity index (χ2n) is 6.78. The summed E-state index contributed by atoms with van der Waals surface area (Å²) in [6, 6.07) is 16.9. The summed E-state index contributed by atoms with van der Waals surface area (Å²) in [7, 11) is 0. The quantitative estimate of drug-likeness (QED) is 0.450. The molecule has 2 aromatic carbocycles. The third-order valence-corrected chi connectivity index (χ3v) is 4.54. The molecular formula is C22H20N6O3. The van der Waals surface area contributed by atoms with Crippen LogP contribution in [0.4, 0.5) is 17.6 Å². The number of hydrogen-bond acceptors (Lipinski definition) is 9. The molecule has 0 spiro atoms. The maximum absolute atomic E-state index is 12.8. The highest BCUT2D eigenvalue weighted by atomic mass is 16.5. The molecule has 156 valence electrons. The number of aromatic nitrogens is 4. The first-order valence-corrected chi connectivity index (χ1v) is 9.53. The topological polar surface area (TPSA) is 129 Å². The number of nitrogens with two attached hydrogens (primary N) is 1. The van der Waals surface area contributed by atoms with E-state index in [4.69, 9.17) is 15.0 Å². The van der Waals surface area contributed by atoms with Crippen molar-refractivity contribution in [2.75, 3.05) is 11.1 Å². The molecule has 3 N–H and O–H groups in total. The lowest BCUT2D eigenvalue weighted by molar-refractivity contribution is 0.0461. The van der Waals surface area contributed by atoms with Crippen molar-refractivity contribution in [3.05, 3.63) is 77.3 Å². The minimum Gasteiger partial charge on any atom is -0.454 e. The van der Waals surface area contributed by atoms with Gasteiger partial charge in [-0.05, 0) is 25.5 Å². The number of nitrogens with zero attached hydrogens (tertiary/aromatic N) is 4. The molecule has 9 nitrogen and oxygen atoms in total. The normalized spacial score (nSPS) is 10.6. The Morgan fingerprint density at radius 2 is 1.77 bits per heavy atom. The van der Waals surface area contributed by atoms with Gasteiger partial charge in [0, 0.05) is 11.3 Å². The highest BCUT2D eigenvalue weighted by Gasteiger charge is 2.23. The van der Waals surface area contributed by atoms with Crippen molar-refractivity contribution in [1.82, 2.24) is 20.1 Å². The molecule has 0 aliphatic rings. The SMILES string of the molecule is Cc1ccccc1Nc1nc(N)nc(COC(=O)c2c(-c3ccccc3)noc2C)n1. The fraction of sp³-hybridized carbons (Fsp3) is 0.136. The highest BCUT2D eigenvalue weighted by molar-refractivity contribution is 5.97. The predicted molar refractivity (Wildman–Crippen MR) is 114 cm³/mol. The zero-order chi connectivity index (χ0) is 21.8. The molecule has 0 radical (unpaired) electrons. The van der Waals surface area contributed by atoms with Crippen LogP contribution in [0.1, 0.15) is 27.5 Å². The molecule has 0 bridgehead atoms. The van der Waals surface area contributed by atoms with Gasteiger partial charge in [0.05, 0.1) is 0 Å². The van der Waals surface area contributed by atoms with Crippen molar-refractivity contribution < 1.29 is 14.1 Å². The molecule has 31 heavy (non-hydrogen) atoms. The molecule has 4 rings (SSSR count). The Hall–Kier alpha value is -4.27. The number of hydrogen-bond donors (Lipinski definition) is 2. The number of nitrogens with one attached hydrogen (secondary N) is 1. The Balaban J connectivity index is 1.51. The third-order valence-electron chi connectivity index (χ3n) is 4.54. The van der Waals surface area contributed by atoms with Crippen LogP contribution in [0.15, 0.2) is 59.1 Å². The molecule has 2 heterocycles. The van der Waals surface area contributed by atoms with Crippen molar-refractivity contribution in [3.8, 4) is 11.3 Å². The summed E-state index contributed by atoms with van der Waals surface area (Å²) in [5.41, 5.74) is 9.09. The lowest BCUT2D eigenvalue weighted by Crippen LogP contribution is -2.12. The zero-order valence-electron chi connectivity index (χ0n) is 17.0. The summed E-state index contributed by atoms with van der Waals surface area (Å²) in [4.78, 5) is 25.2. The van der Waals surface area contributed by atoms with Gasteiger partial charge in [-0.1, -0.05) is 53.7 Å². The fourth-order valence-electron chi connectivity index (χ4n) is 3.00. The monoisotopic (exact) mass is 416 g/mol. The Kier molecular flexibility index (Phi) is 5.57. The van der Waals surface area contributed by atoms with Crippen LogP contribution in [0.5, 0.6) is 0 Å². The average Bonchev–Trinajstić information content (AvgIpc) is 3.15. The van der Waals surface area contributed by atoms with E-state index in [1.54, 1.807) is 6.92 Å². The van der Waals surface area contributed by atoms with Gasteiger partial charge in [-0.3, -0.25) is 0 Å². The molecule has 0 saturated carbocycles. The number of para-hydroxylation sites is 1. The minimum atomic E-state index is -0.593.